The van der Waals surface area contributed by atoms with E-state index in [1.165, 1.54) is 42.8 Å². The van der Waals surface area contributed by atoms with Crippen LogP contribution in [0.2, 0.25) is 0 Å². The van der Waals surface area contributed by atoms with Gasteiger partial charge in [-0.05, 0) is 0 Å². The zero-order chi connectivity index (χ0) is 28.5. The van der Waals surface area contributed by atoms with Gasteiger partial charge in [0.15, 0.2) is 0 Å². The predicted octanol–water partition coefficient (Wildman–Crippen LogP) is 7.87. The van der Waals surface area contributed by atoms with Crippen molar-refractivity contribution < 1.29 is 0 Å². The molecule has 6 aromatic carbocycles. The van der Waals surface area contributed by atoms with E-state index in [1.54, 1.807) is 0 Å². The van der Waals surface area contributed by atoms with Gasteiger partial charge in [-0.1, -0.05) is 0 Å². The van der Waals surface area contributed by atoms with Crippen molar-refractivity contribution in [3.05, 3.63) is 146 Å². The van der Waals surface area contributed by atoms with Gasteiger partial charge in [-0.3, -0.25) is 0 Å². The number of para-hydroxylation sites is 4. The Morgan fingerprint density at radius 3 is 2.09 bits per heavy atom. The zero-order valence-electron chi connectivity index (χ0n) is 23.1. The standard InChI is InChI=1S/C38H24N3PSe/c43-42(28-21-20-25-10-1-2-11-26(25)22-28,29-23-27-12-3-5-15-32(27)39-24-29)36-19-9-14-31-30-13-4-7-17-34(30)41-35-18-8-6-16-33(35)40-38(41)37(31)36/h1-24H. The van der Waals surface area contributed by atoms with Crippen molar-refractivity contribution in [3.8, 4) is 0 Å². The van der Waals surface area contributed by atoms with Crippen molar-refractivity contribution in [1.29, 1.82) is 0 Å². The van der Waals surface area contributed by atoms with Gasteiger partial charge in [0, 0.05) is 0 Å². The summed E-state index contributed by atoms with van der Waals surface area (Å²) in [7, 11) is 0. The van der Waals surface area contributed by atoms with Crippen molar-refractivity contribution in [2.24, 2.45) is 0 Å². The van der Waals surface area contributed by atoms with E-state index >= 15 is 0 Å². The fourth-order valence-corrected chi connectivity index (χ4v) is 11.8. The molecule has 3 aromatic heterocycles. The summed E-state index contributed by atoms with van der Waals surface area (Å²) >= 11 is 3.84. The molecule has 3 heterocycles. The molecule has 43 heavy (non-hydrogen) atoms. The Balaban J connectivity index is 1.48. The Bertz CT molecular complexity index is 2540. The Morgan fingerprint density at radius 2 is 1.21 bits per heavy atom. The number of hydrogen-bond donors (Lipinski definition) is 0. The predicted molar refractivity (Wildman–Crippen MR) is 185 cm³/mol. The van der Waals surface area contributed by atoms with Gasteiger partial charge in [0.1, 0.15) is 0 Å². The first-order valence-electron chi connectivity index (χ1n) is 14.4. The third-order valence-electron chi connectivity index (χ3n) is 8.64. The van der Waals surface area contributed by atoms with Crippen LogP contribution in [0, 0.1) is 0 Å². The molecule has 0 aliphatic rings. The van der Waals surface area contributed by atoms with Crippen molar-refractivity contribution in [1.82, 2.24) is 14.4 Å². The van der Waals surface area contributed by atoms with E-state index in [0.29, 0.717) is 0 Å². The molecule has 9 rings (SSSR count). The second-order valence-corrected chi connectivity index (χ2v) is 17.2. The summed E-state index contributed by atoms with van der Waals surface area (Å²) in [5, 5.41) is 11.0. The van der Waals surface area contributed by atoms with Gasteiger partial charge in [-0.15, -0.1) is 0 Å². The average Bonchev–Trinajstić information content (AvgIpc) is 3.47. The quantitative estimate of drug-likeness (QED) is 0.113. The molecule has 3 nitrogen and oxygen atoms in total. The minimum absolute atomic E-state index is 0.986. The molecular weight excluding hydrogens is 608 g/mol. The van der Waals surface area contributed by atoms with Crippen LogP contribution in [0.15, 0.2) is 146 Å². The van der Waals surface area contributed by atoms with Gasteiger partial charge in [0.2, 0.25) is 0 Å². The average molecular weight is 633 g/mol. The first-order valence-corrected chi connectivity index (χ1v) is 18.4. The van der Waals surface area contributed by atoms with Crippen LogP contribution in [0.1, 0.15) is 0 Å². The fourth-order valence-electron chi connectivity index (χ4n) is 6.63. The summed E-state index contributed by atoms with van der Waals surface area (Å²) in [5.74, 6) is 0. The molecule has 0 radical (unpaired) electrons. The summed E-state index contributed by atoms with van der Waals surface area (Å²) in [5.41, 5.74) is 2.92. The number of hydrogen-bond acceptors (Lipinski definition) is 2. The fraction of sp³-hybridized carbons (Fsp3) is 0. The maximum atomic E-state index is 5.31. The van der Waals surface area contributed by atoms with E-state index in [2.05, 4.69) is 159 Å². The van der Waals surface area contributed by atoms with Gasteiger partial charge in [-0.25, -0.2) is 0 Å². The Kier molecular flexibility index (Phi) is 5.49. The van der Waals surface area contributed by atoms with Gasteiger partial charge in [0.05, 0.1) is 0 Å². The van der Waals surface area contributed by atoms with Gasteiger partial charge < -0.3 is 0 Å². The summed E-state index contributed by atoms with van der Waals surface area (Å²) in [6.07, 6.45) is 2.08. The molecule has 202 valence electrons. The van der Waals surface area contributed by atoms with Crippen LogP contribution in [0.5, 0.6) is 0 Å². The number of nitrogens with zero attached hydrogens (tertiary/aromatic N) is 3. The van der Waals surface area contributed by atoms with Gasteiger partial charge in [0.25, 0.3) is 0 Å². The van der Waals surface area contributed by atoms with Crippen molar-refractivity contribution >= 4 is 96.6 Å². The van der Waals surface area contributed by atoms with Crippen molar-refractivity contribution in [2.45, 2.75) is 0 Å². The Labute approximate surface area is 255 Å². The summed E-state index contributed by atoms with van der Waals surface area (Å²) in [4.78, 5) is 10.3. The zero-order valence-corrected chi connectivity index (χ0v) is 25.7. The Morgan fingerprint density at radius 1 is 0.535 bits per heavy atom. The number of pyridine rings is 2. The molecule has 0 spiro atoms. The third kappa shape index (κ3) is 3.65. The maximum absolute atomic E-state index is 5.31. The number of imidazole rings is 1. The van der Waals surface area contributed by atoms with Crippen LogP contribution in [0.25, 0.3) is 60.0 Å². The van der Waals surface area contributed by atoms with Crippen LogP contribution < -0.4 is 15.9 Å². The number of fused-ring (bicyclic) bond motifs is 10. The van der Waals surface area contributed by atoms with E-state index in [-0.39, 0.29) is 0 Å². The molecule has 1 unspecified atom stereocenters. The topological polar surface area (TPSA) is 30.2 Å². The van der Waals surface area contributed by atoms with Crippen molar-refractivity contribution in [3.63, 3.8) is 0 Å². The number of rotatable bonds is 3. The summed E-state index contributed by atoms with van der Waals surface area (Å²) in [6.45, 7) is 0. The van der Waals surface area contributed by atoms with E-state index in [0.717, 1.165) is 33.1 Å². The minimum atomic E-state index is -2.35. The molecular formula is C38H24N3PSe. The normalized spacial score (nSPS) is 13.4. The van der Waals surface area contributed by atoms with Crippen LogP contribution in [-0.2, 0) is 0 Å². The van der Waals surface area contributed by atoms with Crippen LogP contribution >= 0.6 is 5.51 Å². The third-order valence-corrected chi connectivity index (χ3v) is 15.6. The van der Waals surface area contributed by atoms with Crippen LogP contribution in [0.3, 0.4) is 0 Å². The molecule has 0 fully saturated rings. The molecule has 0 aliphatic carbocycles. The van der Waals surface area contributed by atoms with Crippen molar-refractivity contribution in [2.75, 3.05) is 0 Å². The van der Waals surface area contributed by atoms with Gasteiger partial charge in [-0.2, -0.15) is 0 Å². The first kappa shape index (κ1) is 25.0. The van der Waals surface area contributed by atoms with Crippen LogP contribution in [-0.4, -0.2) is 29.5 Å². The van der Waals surface area contributed by atoms with E-state index in [9.17, 15) is 0 Å². The van der Waals surface area contributed by atoms with Gasteiger partial charge >= 0.3 is 257 Å². The molecule has 1 atom stereocenters. The van der Waals surface area contributed by atoms with E-state index < -0.39 is 5.51 Å². The second kappa shape index (κ2) is 9.46. The molecule has 9 aromatic rings. The van der Waals surface area contributed by atoms with Crippen LogP contribution in [0.4, 0.5) is 0 Å². The number of aromatic nitrogens is 3. The molecule has 5 heteroatoms. The number of benzene rings is 6. The Hall–Kier alpha value is -4.59. The molecule has 0 aliphatic heterocycles. The molecule has 0 bridgehead atoms. The summed E-state index contributed by atoms with van der Waals surface area (Å²) < 4.78 is 2.35. The summed E-state index contributed by atoms with van der Waals surface area (Å²) in [6, 6.07) is 50.2. The molecule has 0 N–H and O–H groups in total. The molecule has 0 saturated carbocycles. The molecule has 0 amide bonds. The van der Waals surface area contributed by atoms with E-state index in [4.69, 9.17) is 9.97 Å². The monoisotopic (exact) mass is 633 g/mol. The van der Waals surface area contributed by atoms with E-state index in [1.807, 2.05) is 6.07 Å². The second-order valence-electron chi connectivity index (χ2n) is 11.0. The first-order chi connectivity index (χ1) is 21.2. The SMILES string of the molecule is [Se]=P(c1ccc2ccccc2c1)(c1cnc2ccccc2c1)c1cccc2c3ccccc3n3c4ccccc4nc3c12. The molecule has 0 saturated heterocycles.